The van der Waals surface area contributed by atoms with Crippen molar-refractivity contribution in [1.82, 2.24) is 5.32 Å². The van der Waals surface area contributed by atoms with Crippen molar-refractivity contribution in [2.24, 2.45) is 5.92 Å². The van der Waals surface area contributed by atoms with Crippen LogP contribution in [0.2, 0.25) is 6.32 Å². The molecule has 2 unspecified atom stereocenters. The van der Waals surface area contributed by atoms with Crippen LogP contribution >= 0.6 is 0 Å². The van der Waals surface area contributed by atoms with Crippen LogP contribution in [-0.2, 0) is 14.0 Å². The van der Waals surface area contributed by atoms with Gasteiger partial charge in [0.1, 0.15) is 5.60 Å². The number of carbonyl (C=O) groups excluding carboxylic acids is 1. The first-order valence-corrected chi connectivity index (χ1v) is 9.23. The molecule has 1 aliphatic carbocycles. The van der Waals surface area contributed by atoms with E-state index in [1.165, 1.54) is 0 Å². The Hall–Kier alpha value is -0.745. The number of rotatable bonds is 3. The van der Waals surface area contributed by atoms with Crippen molar-refractivity contribution < 1.29 is 18.8 Å². The summed E-state index contributed by atoms with van der Waals surface area (Å²) in [6, 6.07) is 0.182. The monoisotopic (exact) mass is 339 g/mol. The quantitative estimate of drug-likeness (QED) is 0.785. The summed E-state index contributed by atoms with van der Waals surface area (Å²) < 4.78 is 17.6. The van der Waals surface area contributed by atoms with E-state index in [-0.39, 0.29) is 30.5 Å². The highest BCUT2D eigenvalue weighted by Crippen LogP contribution is 2.40. The van der Waals surface area contributed by atoms with Crippen molar-refractivity contribution in [2.45, 2.75) is 103 Å². The summed E-state index contributed by atoms with van der Waals surface area (Å²) in [5.41, 5.74) is -1.01. The molecule has 5 nitrogen and oxygen atoms in total. The Morgan fingerprint density at radius 1 is 1.17 bits per heavy atom. The average molecular weight is 339 g/mol. The fraction of sp³-hybridized carbons (Fsp3) is 0.944. The molecule has 2 aliphatic rings. The minimum absolute atomic E-state index is 0.153. The van der Waals surface area contributed by atoms with Crippen LogP contribution in [-0.4, -0.2) is 36.1 Å². The van der Waals surface area contributed by atoms with E-state index >= 15 is 0 Å². The molecular formula is C18H34BNO4. The van der Waals surface area contributed by atoms with Crippen LogP contribution in [0.4, 0.5) is 4.79 Å². The van der Waals surface area contributed by atoms with Crippen LogP contribution in [0.15, 0.2) is 0 Å². The molecule has 6 heteroatoms. The van der Waals surface area contributed by atoms with Gasteiger partial charge in [-0.2, -0.15) is 0 Å². The molecule has 24 heavy (non-hydrogen) atoms. The second-order valence-corrected chi connectivity index (χ2v) is 9.30. The Morgan fingerprint density at radius 2 is 1.75 bits per heavy atom. The van der Waals surface area contributed by atoms with E-state index in [1.54, 1.807) is 0 Å². The second-order valence-electron chi connectivity index (χ2n) is 9.30. The van der Waals surface area contributed by atoms with Crippen LogP contribution in [0.25, 0.3) is 0 Å². The summed E-state index contributed by atoms with van der Waals surface area (Å²) in [5, 5.41) is 3.02. The van der Waals surface area contributed by atoms with Crippen molar-refractivity contribution in [1.29, 1.82) is 0 Å². The Bertz CT molecular complexity index is 442. The summed E-state index contributed by atoms with van der Waals surface area (Å²) in [6.07, 6.45) is 4.83. The summed E-state index contributed by atoms with van der Waals surface area (Å²) in [7, 11) is -0.153. The number of ether oxygens (including phenoxy) is 1. The number of nitrogens with one attached hydrogen (secondary N) is 1. The molecule has 1 N–H and O–H groups in total. The molecule has 0 aromatic rings. The van der Waals surface area contributed by atoms with E-state index in [0.717, 1.165) is 32.0 Å². The molecule has 1 aliphatic heterocycles. The van der Waals surface area contributed by atoms with E-state index in [4.69, 9.17) is 14.0 Å². The van der Waals surface area contributed by atoms with Gasteiger partial charge in [-0.05, 0) is 73.5 Å². The lowest BCUT2D eigenvalue weighted by molar-refractivity contribution is 0.00578. The zero-order valence-corrected chi connectivity index (χ0v) is 16.4. The predicted molar refractivity (Wildman–Crippen MR) is 96.0 cm³/mol. The van der Waals surface area contributed by atoms with Crippen molar-refractivity contribution in [3.05, 3.63) is 0 Å². The normalized spacial score (nSPS) is 29.4. The second kappa shape index (κ2) is 6.87. The molecule has 0 aromatic heterocycles. The van der Waals surface area contributed by atoms with Gasteiger partial charge in [0, 0.05) is 6.04 Å². The molecule has 2 rings (SSSR count). The van der Waals surface area contributed by atoms with Gasteiger partial charge in [0.05, 0.1) is 11.2 Å². The van der Waals surface area contributed by atoms with Crippen LogP contribution in [0, 0.1) is 5.92 Å². The fourth-order valence-corrected chi connectivity index (χ4v) is 3.44. The smallest absolute Gasteiger partial charge is 0.444 e. The highest BCUT2D eigenvalue weighted by Gasteiger charge is 2.51. The van der Waals surface area contributed by atoms with Gasteiger partial charge in [-0.3, -0.25) is 0 Å². The maximum absolute atomic E-state index is 12.0. The van der Waals surface area contributed by atoms with Crippen molar-refractivity contribution >= 4 is 13.2 Å². The van der Waals surface area contributed by atoms with Crippen LogP contribution in [0.5, 0.6) is 0 Å². The van der Waals surface area contributed by atoms with Gasteiger partial charge in [-0.25, -0.2) is 4.79 Å². The molecule has 0 aromatic carbocycles. The maximum atomic E-state index is 12.0. The first kappa shape index (κ1) is 19.6. The van der Waals surface area contributed by atoms with Gasteiger partial charge in [0.25, 0.3) is 0 Å². The number of hydrogen-bond acceptors (Lipinski definition) is 4. The molecule has 1 saturated heterocycles. The summed E-state index contributed by atoms with van der Waals surface area (Å²) in [5.74, 6) is 0.508. The van der Waals surface area contributed by atoms with E-state index in [1.807, 2.05) is 20.8 Å². The van der Waals surface area contributed by atoms with Crippen LogP contribution < -0.4 is 5.32 Å². The minimum Gasteiger partial charge on any atom is -0.444 e. The zero-order valence-electron chi connectivity index (χ0n) is 16.4. The third kappa shape index (κ3) is 5.12. The summed E-state index contributed by atoms with van der Waals surface area (Å²) in [6.45, 7) is 14.0. The Kier molecular flexibility index (Phi) is 5.60. The van der Waals surface area contributed by atoms with Crippen molar-refractivity contribution in [3.63, 3.8) is 0 Å². The molecule has 1 saturated carbocycles. The third-order valence-electron chi connectivity index (χ3n) is 5.33. The van der Waals surface area contributed by atoms with E-state index < -0.39 is 5.60 Å². The Balaban J connectivity index is 1.83. The number of amides is 1. The lowest BCUT2D eigenvalue weighted by Crippen LogP contribution is -2.42. The molecular weight excluding hydrogens is 305 g/mol. The lowest BCUT2D eigenvalue weighted by atomic mass is 9.71. The fourth-order valence-electron chi connectivity index (χ4n) is 3.44. The standard InChI is InChI=1S/C18H34BNO4/c1-16(2,3)22-15(21)20-14-10-8-9-13(11-14)12-19-23-17(4,5)18(6,7)24-19/h13-14H,8-12H2,1-7H3,(H,20,21). The third-order valence-corrected chi connectivity index (χ3v) is 5.33. The van der Waals surface area contributed by atoms with Gasteiger partial charge in [-0.1, -0.05) is 12.8 Å². The highest BCUT2D eigenvalue weighted by molar-refractivity contribution is 6.45. The van der Waals surface area contributed by atoms with Gasteiger partial charge < -0.3 is 19.4 Å². The van der Waals surface area contributed by atoms with Crippen LogP contribution in [0.1, 0.15) is 74.1 Å². The predicted octanol–water partition coefficient (Wildman–Crippen LogP) is 4.16. The first-order valence-electron chi connectivity index (χ1n) is 9.23. The van der Waals surface area contributed by atoms with Crippen LogP contribution in [0.3, 0.4) is 0 Å². The maximum Gasteiger partial charge on any atom is 0.458 e. The molecule has 1 heterocycles. The number of alkyl carbamates (subject to hydrolysis) is 1. The van der Waals surface area contributed by atoms with E-state index in [2.05, 4.69) is 33.0 Å². The molecule has 1 amide bonds. The van der Waals surface area contributed by atoms with E-state index in [0.29, 0.717) is 5.92 Å². The first-order chi connectivity index (χ1) is 10.9. The lowest BCUT2D eigenvalue weighted by Gasteiger charge is -2.32. The van der Waals surface area contributed by atoms with Crippen molar-refractivity contribution in [2.75, 3.05) is 0 Å². The number of carbonyl (C=O) groups is 1. The topological polar surface area (TPSA) is 56.8 Å². The molecule has 2 fully saturated rings. The number of hydrogen-bond donors (Lipinski definition) is 1. The molecule has 138 valence electrons. The Labute approximate surface area is 147 Å². The molecule has 0 spiro atoms. The zero-order chi connectivity index (χ0) is 18.2. The summed E-state index contributed by atoms with van der Waals surface area (Å²) in [4.78, 5) is 12.0. The average Bonchev–Trinajstić information content (AvgIpc) is 2.54. The molecule has 0 radical (unpaired) electrons. The summed E-state index contributed by atoms with van der Waals surface area (Å²) >= 11 is 0. The Morgan fingerprint density at radius 3 is 2.29 bits per heavy atom. The molecule has 0 bridgehead atoms. The van der Waals surface area contributed by atoms with Crippen molar-refractivity contribution in [3.8, 4) is 0 Å². The molecule has 2 atom stereocenters. The SMILES string of the molecule is CC(C)(C)OC(=O)NC1CCCC(CB2OC(C)(C)C(C)(C)O2)C1. The van der Waals surface area contributed by atoms with Gasteiger partial charge in [0.2, 0.25) is 0 Å². The van der Waals surface area contributed by atoms with Gasteiger partial charge in [0.15, 0.2) is 0 Å². The van der Waals surface area contributed by atoms with Gasteiger partial charge >= 0.3 is 13.2 Å². The highest BCUT2D eigenvalue weighted by atomic mass is 16.7. The minimum atomic E-state index is -0.457. The van der Waals surface area contributed by atoms with Gasteiger partial charge in [-0.15, -0.1) is 0 Å². The largest absolute Gasteiger partial charge is 0.458 e. The van der Waals surface area contributed by atoms with E-state index in [9.17, 15) is 4.79 Å².